The van der Waals surface area contributed by atoms with Crippen molar-refractivity contribution in [3.05, 3.63) is 18.2 Å². The van der Waals surface area contributed by atoms with E-state index in [1.54, 1.807) is 0 Å². The molecular formula is C15H27N3O. The molecule has 1 aromatic carbocycles. The van der Waals surface area contributed by atoms with Gasteiger partial charge in [-0.15, -0.1) is 0 Å². The van der Waals surface area contributed by atoms with Gasteiger partial charge in [0.2, 0.25) is 0 Å². The highest BCUT2D eigenvalue weighted by Gasteiger charge is 2.04. The van der Waals surface area contributed by atoms with Gasteiger partial charge in [0.05, 0.1) is 6.10 Å². The van der Waals surface area contributed by atoms with E-state index in [9.17, 15) is 0 Å². The van der Waals surface area contributed by atoms with E-state index >= 15 is 0 Å². The molecular weight excluding hydrogens is 238 g/mol. The predicted molar refractivity (Wildman–Crippen MR) is 82.9 cm³/mol. The van der Waals surface area contributed by atoms with Crippen molar-refractivity contribution in [2.45, 2.75) is 39.8 Å². The summed E-state index contributed by atoms with van der Waals surface area (Å²) >= 11 is 0. The monoisotopic (exact) mass is 265 g/mol. The number of rotatable bonds is 7. The van der Waals surface area contributed by atoms with Crippen LogP contribution in [0.25, 0.3) is 0 Å². The van der Waals surface area contributed by atoms with E-state index in [2.05, 4.69) is 31.1 Å². The molecule has 0 spiro atoms. The number of benzene rings is 1. The minimum absolute atomic E-state index is 0.154. The van der Waals surface area contributed by atoms with Crippen molar-refractivity contribution >= 4 is 11.4 Å². The number of nitrogens with zero attached hydrogens (tertiary/aromatic N) is 1. The number of hydrogen-bond acceptors (Lipinski definition) is 4. The lowest BCUT2D eigenvalue weighted by Gasteiger charge is -2.21. The van der Waals surface area contributed by atoms with Crippen molar-refractivity contribution in [3.8, 4) is 5.75 Å². The van der Waals surface area contributed by atoms with Crippen molar-refractivity contribution in [1.82, 2.24) is 4.90 Å². The average molecular weight is 265 g/mol. The van der Waals surface area contributed by atoms with Crippen molar-refractivity contribution in [1.29, 1.82) is 0 Å². The summed E-state index contributed by atoms with van der Waals surface area (Å²) in [5.41, 5.74) is 7.61. The molecule has 0 saturated carbocycles. The van der Waals surface area contributed by atoms with Crippen LogP contribution >= 0.6 is 0 Å². The number of nitrogen functional groups attached to an aromatic ring is 1. The van der Waals surface area contributed by atoms with Gasteiger partial charge in [-0.2, -0.15) is 0 Å². The molecule has 1 aromatic rings. The van der Waals surface area contributed by atoms with Crippen molar-refractivity contribution < 1.29 is 4.74 Å². The molecule has 19 heavy (non-hydrogen) atoms. The second-order valence-corrected chi connectivity index (χ2v) is 5.46. The average Bonchev–Trinajstić information content (AvgIpc) is 2.26. The zero-order valence-electron chi connectivity index (χ0n) is 12.7. The first-order chi connectivity index (χ1) is 8.88. The molecule has 4 nitrogen and oxygen atoms in total. The predicted octanol–water partition coefficient (Wildman–Crippen LogP) is 2.81. The maximum absolute atomic E-state index is 5.88. The van der Waals surface area contributed by atoms with E-state index in [1.807, 2.05) is 32.0 Å². The Kier molecular flexibility index (Phi) is 5.96. The second kappa shape index (κ2) is 7.24. The van der Waals surface area contributed by atoms with Crippen LogP contribution in [-0.2, 0) is 0 Å². The van der Waals surface area contributed by atoms with E-state index in [-0.39, 0.29) is 6.10 Å². The molecule has 0 amide bonds. The highest BCUT2D eigenvalue weighted by atomic mass is 16.5. The molecule has 4 heteroatoms. The van der Waals surface area contributed by atoms with E-state index in [0.29, 0.717) is 6.04 Å². The Hall–Kier alpha value is -1.42. The van der Waals surface area contributed by atoms with Gasteiger partial charge in [0, 0.05) is 42.6 Å². The molecule has 0 bridgehead atoms. The van der Waals surface area contributed by atoms with Crippen LogP contribution in [0.5, 0.6) is 5.75 Å². The number of anilines is 2. The molecule has 0 aliphatic rings. The highest BCUT2D eigenvalue weighted by molar-refractivity contribution is 5.59. The zero-order valence-corrected chi connectivity index (χ0v) is 12.7. The summed E-state index contributed by atoms with van der Waals surface area (Å²) < 4.78 is 5.67. The fourth-order valence-electron chi connectivity index (χ4n) is 1.70. The van der Waals surface area contributed by atoms with E-state index in [4.69, 9.17) is 10.5 Å². The number of likely N-dealkylation sites (N-methyl/N-ethyl adjacent to an activating group) is 1. The fourth-order valence-corrected chi connectivity index (χ4v) is 1.70. The maximum atomic E-state index is 5.88. The lowest BCUT2D eigenvalue weighted by Crippen LogP contribution is -2.31. The van der Waals surface area contributed by atoms with Gasteiger partial charge in [-0.05, 0) is 40.8 Å². The summed E-state index contributed by atoms with van der Waals surface area (Å²) in [5, 5.41) is 3.38. The minimum atomic E-state index is 0.154. The third-order valence-electron chi connectivity index (χ3n) is 2.98. The number of nitrogens with two attached hydrogens (primary N) is 1. The summed E-state index contributed by atoms with van der Waals surface area (Å²) in [5.74, 6) is 0.815. The van der Waals surface area contributed by atoms with Crippen LogP contribution in [0, 0.1) is 0 Å². The van der Waals surface area contributed by atoms with Gasteiger partial charge in [0.15, 0.2) is 0 Å². The van der Waals surface area contributed by atoms with Crippen LogP contribution in [0.3, 0.4) is 0 Å². The maximum Gasteiger partial charge on any atom is 0.123 e. The number of ether oxygens (including phenoxy) is 1. The molecule has 0 unspecified atom stereocenters. The molecule has 0 aliphatic heterocycles. The number of hydrogen-bond donors (Lipinski definition) is 2. The summed E-state index contributed by atoms with van der Waals surface area (Å²) in [6, 6.07) is 6.34. The molecule has 108 valence electrons. The molecule has 0 heterocycles. The molecule has 1 rings (SSSR count). The molecule has 3 N–H and O–H groups in total. The summed E-state index contributed by atoms with van der Waals surface area (Å²) in [6.45, 7) is 10.3. The lowest BCUT2D eigenvalue weighted by atomic mass is 10.2. The number of nitrogens with one attached hydrogen (secondary N) is 1. The van der Waals surface area contributed by atoms with Gasteiger partial charge >= 0.3 is 0 Å². The normalized spacial score (nSPS) is 11.4. The van der Waals surface area contributed by atoms with Gasteiger partial charge in [0.25, 0.3) is 0 Å². The molecule has 0 aliphatic carbocycles. The smallest absolute Gasteiger partial charge is 0.123 e. The lowest BCUT2D eigenvalue weighted by molar-refractivity contribution is 0.242. The van der Waals surface area contributed by atoms with Crippen molar-refractivity contribution in [2.24, 2.45) is 0 Å². The third-order valence-corrected chi connectivity index (χ3v) is 2.98. The fraction of sp³-hybridized carbons (Fsp3) is 0.600. The van der Waals surface area contributed by atoms with Crippen LogP contribution in [-0.4, -0.2) is 37.2 Å². The first-order valence-corrected chi connectivity index (χ1v) is 6.90. The molecule has 0 radical (unpaired) electrons. The Balaban J connectivity index is 2.56. The minimum Gasteiger partial charge on any atom is -0.491 e. The van der Waals surface area contributed by atoms with Gasteiger partial charge in [-0.1, -0.05) is 0 Å². The van der Waals surface area contributed by atoms with Crippen molar-refractivity contribution in [3.63, 3.8) is 0 Å². The van der Waals surface area contributed by atoms with Gasteiger partial charge < -0.3 is 20.7 Å². The van der Waals surface area contributed by atoms with Gasteiger partial charge in [-0.3, -0.25) is 0 Å². The first-order valence-electron chi connectivity index (χ1n) is 6.90. The summed E-state index contributed by atoms with van der Waals surface area (Å²) in [4.78, 5) is 2.30. The zero-order chi connectivity index (χ0) is 14.4. The Labute approximate surface area is 116 Å². The molecule has 0 aromatic heterocycles. The van der Waals surface area contributed by atoms with Crippen molar-refractivity contribution in [2.75, 3.05) is 31.2 Å². The SMILES string of the molecule is CC(C)Oc1cc(N)cc(NCCN(C)C(C)C)c1. The largest absolute Gasteiger partial charge is 0.491 e. The Morgan fingerprint density at radius 2 is 1.89 bits per heavy atom. The molecule has 0 atom stereocenters. The second-order valence-electron chi connectivity index (χ2n) is 5.46. The quantitative estimate of drug-likeness (QED) is 0.744. The molecule has 0 saturated heterocycles. The van der Waals surface area contributed by atoms with Crippen LogP contribution < -0.4 is 15.8 Å². The van der Waals surface area contributed by atoms with Gasteiger partial charge in [-0.25, -0.2) is 0 Å². The van der Waals surface area contributed by atoms with Crippen LogP contribution in [0.2, 0.25) is 0 Å². The van der Waals surface area contributed by atoms with Crippen LogP contribution in [0.1, 0.15) is 27.7 Å². The van der Waals surface area contributed by atoms with Crippen LogP contribution in [0.15, 0.2) is 18.2 Å². The Morgan fingerprint density at radius 1 is 1.21 bits per heavy atom. The first kappa shape index (κ1) is 15.6. The third kappa shape index (κ3) is 5.83. The summed E-state index contributed by atoms with van der Waals surface area (Å²) in [7, 11) is 2.12. The van der Waals surface area contributed by atoms with Crippen LogP contribution in [0.4, 0.5) is 11.4 Å². The van der Waals surface area contributed by atoms with E-state index in [1.165, 1.54) is 0 Å². The molecule has 0 fully saturated rings. The van der Waals surface area contributed by atoms with E-state index in [0.717, 1.165) is 30.2 Å². The topological polar surface area (TPSA) is 50.5 Å². The highest BCUT2D eigenvalue weighted by Crippen LogP contribution is 2.23. The summed E-state index contributed by atoms with van der Waals surface area (Å²) in [6.07, 6.45) is 0.154. The standard InChI is InChI=1S/C15H27N3O/c1-11(2)18(5)7-6-17-14-8-13(16)9-15(10-14)19-12(3)4/h8-12,17H,6-7,16H2,1-5H3. The Morgan fingerprint density at radius 3 is 2.47 bits per heavy atom. The van der Waals surface area contributed by atoms with Gasteiger partial charge in [0.1, 0.15) is 5.75 Å². The Bertz CT molecular complexity index is 391. The van der Waals surface area contributed by atoms with E-state index < -0.39 is 0 Å².